The molecule has 1 fully saturated rings. The monoisotopic (exact) mass is 243 g/mol. The highest BCUT2D eigenvalue weighted by molar-refractivity contribution is 4.75. The largest absolute Gasteiger partial charge is 0.389 e. The molecule has 0 spiro atoms. The quantitative estimate of drug-likeness (QED) is 0.778. The van der Waals surface area contributed by atoms with E-state index in [1.807, 2.05) is 0 Å². The Bertz CT molecular complexity index is 213. The lowest BCUT2D eigenvalue weighted by Crippen LogP contribution is -2.42. The Kier molecular flexibility index (Phi) is 5.90. The van der Waals surface area contributed by atoms with Crippen LogP contribution in [0.1, 0.15) is 53.4 Å². The average molecular weight is 243 g/mol. The van der Waals surface area contributed by atoms with Crippen molar-refractivity contribution in [2.24, 2.45) is 5.92 Å². The number of rotatable bonds is 5. The Hall–Kier alpha value is -0.120. The van der Waals surface area contributed by atoms with Crippen molar-refractivity contribution in [1.29, 1.82) is 0 Å². The van der Waals surface area contributed by atoms with Gasteiger partial charge in [-0.05, 0) is 39.5 Å². The molecule has 17 heavy (non-hydrogen) atoms. The number of aliphatic hydroxyl groups excluding tert-OH is 1. The molecule has 0 saturated heterocycles. The van der Waals surface area contributed by atoms with E-state index in [1.165, 1.54) is 19.3 Å². The van der Waals surface area contributed by atoms with Crippen molar-refractivity contribution in [2.75, 3.05) is 13.2 Å². The van der Waals surface area contributed by atoms with E-state index >= 15 is 0 Å². The van der Waals surface area contributed by atoms with Gasteiger partial charge in [-0.25, -0.2) is 0 Å². The number of aliphatic hydroxyl groups is 1. The van der Waals surface area contributed by atoms with E-state index in [0.717, 1.165) is 6.42 Å². The predicted octanol–water partition coefficient (Wildman–Crippen LogP) is 2.33. The summed E-state index contributed by atoms with van der Waals surface area (Å²) in [5.41, 5.74) is 0.0547. The molecule has 0 bridgehead atoms. The first kappa shape index (κ1) is 14.9. The van der Waals surface area contributed by atoms with E-state index in [1.54, 1.807) is 0 Å². The van der Waals surface area contributed by atoms with Gasteiger partial charge in [-0.2, -0.15) is 0 Å². The average Bonchev–Trinajstić information content (AvgIpc) is 2.24. The maximum atomic E-state index is 9.84. The van der Waals surface area contributed by atoms with Crippen molar-refractivity contribution in [2.45, 2.75) is 71.1 Å². The lowest BCUT2D eigenvalue weighted by molar-refractivity contribution is -0.0461. The zero-order chi connectivity index (χ0) is 12.9. The van der Waals surface area contributed by atoms with Crippen LogP contribution in [-0.4, -0.2) is 36.0 Å². The number of ether oxygens (including phenoxy) is 1. The van der Waals surface area contributed by atoms with Crippen LogP contribution in [0.5, 0.6) is 0 Å². The van der Waals surface area contributed by atoms with E-state index < -0.39 is 6.10 Å². The summed E-state index contributed by atoms with van der Waals surface area (Å²) in [6, 6.07) is 0. The molecule has 0 aromatic rings. The predicted molar refractivity (Wildman–Crippen MR) is 71.1 cm³/mol. The van der Waals surface area contributed by atoms with E-state index in [-0.39, 0.29) is 5.54 Å². The maximum absolute atomic E-state index is 9.84. The molecule has 0 aromatic carbocycles. The third-order valence-corrected chi connectivity index (χ3v) is 3.40. The third kappa shape index (κ3) is 6.39. The van der Waals surface area contributed by atoms with Gasteiger partial charge < -0.3 is 15.2 Å². The summed E-state index contributed by atoms with van der Waals surface area (Å²) >= 11 is 0. The van der Waals surface area contributed by atoms with Crippen molar-refractivity contribution < 1.29 is 9.84 Å². The second-order valence-corrected chi connectivity index (χ2v) is 6.42. The Morgan fingerprint density at radius 2 is 1.94 bits per heavy atom. The molecule has 2 N–H and O–H groups in total. The van der Waals surface area contributed by atoms with Crippen LogP contribution >= 0.6 is 0 Å². The minimum absolute atomic E-state index is 0.0547. The van der Waals surface area contributed by atoms with Gasteiger partial charge in [-0.15, -0.1) is 0 Å². The molecule has 102 valence electrons. The fourth-order valence-corrected chi connectivity index (χ4v) is 2.25. The highest BCUT2D eigenvalue weighted by Crippen LogP contribution is 2.26. The molecule has 0 aromatic heterocycles. The standard InChI is InChI=1S/C14H29NO2/c1-11-7-5-6-8-13(11)17-10-12(16)9-15-14(2,3)4/h11-13,15-16H,5-10H2,1-4H3. The van der Waals surface area contributed by atoms with Crippen LogP contribution in [-0.2, 0) is 4.74 Å². The summed E-state index contributed by atoms with van der Waals surface area (Å²) in [6.07, 6.45) is 4.97. The van der Waals surface area contributed by atoms with Crippen molar-refractivity contribution in [3.8, 4) is 0 Å². The first-order chi connectivity index (χ1) is 7.88. The highest BCUT2D eigenvalue weighted by atomic mass is 16.5. The van der Waals surface area contributed by atoms with Gasteiger partial charge in [-0.1, -0.05) is 19.8 Å². The lowest BCUT2D eigenvalue weighted by Gasteiger charge is -2.30. The van der Waals surface area contributed by atoms with Gasteiger partial charge in [0.2, 0.25) is 0 Å². The SMILES string of the molecule is CC1CCCCC1OCC(O)CNC(C)(C)C. The Morgan fingerprint density at radius 1 is 1.29 bits per heavy atom. The first-order valence-corrected chi connectivity index (χ1v) is 6.93. The van der Waals surface area contributed by atoms with E-state index in [9.17, 15) is 5.11 Å². The van der Waals surface area contributed by atoms with Crippen LogP contribution in [0.3, 0.4) is 0 Å². The van der Waals surface area contributed by atoms with Crippen LogP contribution in [0.25, 0.3) is 0 Å². The summed E-state index contributed by atoms with van der Waals surface area (Å²) in [7, 11) is 0. The molecule has 0 aliphatic heterocycles. The fraction of sp³-hybridized carbons (Fsp3) is 1.00. The minimum atomic E-state index is -0.400. The Balaban J connectivity index is 2.16. The zero-order valence-corrected chi connectivity index (χ0v) is 11.8. The normalized spacial score (nSPS) is 28.1. The molecule has 1 rings (SSSR count). The molecule has 1 aliphatic carbocycles. The fourth-order valence-electron chi connectivity index (χ4n) is 2.25. The molecule has 0 amide bonds. The van der Waals surface area contributed by atoms with Crippen LogP contribution < -0.4 is 5.32 Å². The maximum Gasteiger partial charge on any atom is 0.0898 e. The van der Waals surface area contributed by atoms with Crippen molar-refractivity contribution in [3.05, 3.63) is 0 Å². The summed E-state index contributed by atoms with van der Waals surface area (Å²) < 4.78 is 5.83. The summed E-state index contributed by atoms with van der Waals surface area (Å²) in [6.45, 7) is 9.61. The number of nitrogens with one attached hydrogen (secondary N) is 1. The third-order valence-electron chi connectivity index (χ3n) is 3.40. The molecular formula is C14H29NO2. The summed E-state index contributed by atoms with van der Waals surface area (Å²) in [5, 5.41) is 13.1. The Morgan fingerprint density at radius 3 is 2.53 bits per heavy atom. The number of hydrogen-bond acceptors (Lipinski definition) is 3. The van der Waals surface area contributed by atoms with Gasteiger partial charge in [0.25, 0.3) is 0 Å². The number of hydrogen-bond donors (Lipinski definition) is 2. The van der Waals surface area contributed by atoms with Crippen molar-refractivity contribution >= 4 is 0 Å². The molecule has 3 atom stereocenters. The Labute approximate surface area is 106 Å². The second-order valence-electron chi connectivity index (χ2n) is 6.42. The lowest BCUT2D eigenvalue weighted by atomic mass is 9.88. The highest BCUT2D eigenvalue weighted by Gasteiger charge is 2.22. The van der Waals surface area contributed by atoms with Crippen LogP contribution in [0, 0.1) is 5.92 Å². The van der Waals surface area contributed by atoms with Gasteiger partial charge in [0.05, 0.1) is 18.8 Å². The van der Waals surface area contributed by atoms with Crippen LogP contribution in [0.15, 0.2) is 0 Å². The summed E-state index contributed by atoms with van der Waals surface area (Å²) in [4.78, 5) is 0. The molecule has 0 radical (unpaired) electrons. The molecule has 3 heteroatoms. The van der Waals surface area contributed by atoms with Crippen molar-refractivity contribution in [1.82, 2.24) is 5.32 Å². The molecule has 1 aliphatic rings. The topological polar surface area (TPSA) is 41.5 Å². The van der Waals surface area contributed by atoms with Crippen LogP contribution in [0.4, 0.5) is 0 Å². The molecular weight excluding hydrogens is 214 g/mol. The summed E-state index contributed by atoms with van der Waals surface area (Å²) in [5.74, 6) is 0.645. The molecule has 3 unspecified atom stereocenters. The molecule has 3 nitrogen and oxygen atoms in total. The number of β-amino-alcohol motifs (C(OH)–C–C–N with tert-alkyl or cyclic N) is 1. The van der Waals surface area contributed by atoms with E-state index in [0.29, 0.717) is 25.2 Å². The van der Waals surface area contributed by atoms with Gasteiger partial charge in [0.1, 0.15) is 0 Å². The smallest absolute Gasteiger partial charge is 0.0898 e. The van der Waals surface area contributed by atoms with E-state index in [4.69, 9.17) is 4.74 Å². The van der Waals surface area contributed by atoms with Gasteiger partial charge >= 0.3 is 0 Å². The molecule has 1 saturated carbocycles. The first-order valence-electron chi connectivity index (χ1n) is 6.93. The minimum Gasteiger partial charge on any atom is -0.389 e. The van der Waals surface area contributed by atoms with E-state index in [2.05, 4.69) is 33.0 Å². The van der Waals surface area contributed by atoms with Crippen LogP contribution in [0.2, 0.25) is 0 Å². The molecule has 0 heterocycles. The van der Waals surface area contributed by atoms with Gasteiger partial charge in [0.15, 0.2) is 0 Å². The van der Waals surface area contributed by atoms with Gasteiger partial charge in [0, 0.05) is 12.1 Å². The zero-order valence-electron chi connectivity index (χ0n) is 11.8. The second kappa shape index (κ2) is 6.72. The van der Waals surface area contributed by atoms with Gasteiger partial charge in [-0.3, -0.25) is 0 Å². The van der Waals surface area contributed by atoms with Crippen molar-refractivity contribution in [3.63, 3.8) is 0 Å².